The van der Waals surface area contributed by atoms with Gasteiger partial charge in [0.15, 0.2) is 0 Å². The van der Waals surface area contributed by atoms with Gasteiger partial charge in [0.25, 0.3) is 6.01 Å². The van der Waals surface area contributed by atoms with Crippen LogP contribution >= 0.6 is 11.6 Å². The number of piperidine rings is 1. The van der Waals surface area contributed by atoms with Crippen molar-refractivity contribution in [2.75, 3.05) is 18.0 Å². The Morgan fingerprint density at radius 3 is 2.69 bits per heavy atom. The molecule has 0 aromatic carbocycles. The molecule has 0 radical (unpaired) electrons. The van der Waals surface area contributed by atoms with E-state index in [0.29, 0.717) is 11.3 Å². The molecule has 1 aliphatic heterocycles. The zero-order valence-corrected chi connectivity index (χ0v) is 10.8. The standard InChI is InChI=1S/C12H19ClN2O/c1-3-12(2)4-6-15(7-5-12)11-14-10(8-13)9-16-11/h9H,3-8H2,1-2H3. The Labute approximate surface area is 102 Å². The van der Waals surface area contributed by atoms with E-state index >= 15 is 0 Å². The summed E-state index contributed by atoms with van der Waals surface area (Å²) in [5, 5.41) is 0. The van der Waals surface area contributed by atoms with Crippen LogP contribution in [0, 0.1) is 5.41 Å². The molecular weight excluding hydrogens is 224 g/mol. The second-order valence-electron chi connectivity index (χ2n) is 4.91. The molecule has 0 aliphatic carbocycles. The molecular formula is C12H19ClN2O. The molecule has 2 heterocycles. The lowest BCUT2D eigenvalue weighted by molar-refractivity contribution is 0.233. The maximum Gasteiger partial charge on any atom is 0.297 e. The fourth-order valence-electron chi connectivity index (χ4n) is 2.09. The minimum atomic E-state index is 0.421. The van der Waals surface area contributed by atoms with E-state index in [-0.39, 0.29) is 0 Å². The van der Waals surface area contributed by atoms with E-state index in [2.05, 4.69) is 23.7 Å². The van der Waals surface area contributed by atoms with Gasteiger partial charge in [-0.2, -0.15) is 4.98 Å². The van der Waals surface area contributed by atoms with Crippen LogP contribution in [0.15, 0.2) is 10.7 Å². The lowest BCUT2D eigenvalue weighted by Crippen LogP contribution is -2.38. The summed E-state index contributed by atoms with van der Waals surface area (Å²) in [6.45, 7) is 6.70. The van der Waals surface area contributed by atoms with Crippen molar-refractivity contribution < 1.29 is 4.42 Å². The first-order valence-electron chi connectivity index (χ1n) is 5.92. The summed E-state index contributed by atoms with van der Waals surface area (Å²) < 4.78 is 5.43. The van der Waals surface area contributed by atoms with Gasteiger partial charge in [-0.25, -0.2) is 0 Å². The number of rotatable bonds is 3. The van der Waals surface area contributed by atoms with Crippen molar-refractivity contribution in [3.63, 3.8) is 0 Å². The van der Waals surface area contributed by atoms with Crippen molar-refractivity contribution in [2.24, 2.45) is 5.41 Å². The van der Waals surface area contributed by atoms with Crippen LogP contribution in [0.3, 0.4) is 0 Å². The number of halogens is 1. The Morgan fingerprint density at radius 1 is 1.50 bits per heavy atom. The predicted octanol–water partition coefficient (Wildman–Crippen LogP) is 3.43. The Balaban J connectivity index is 1.98. The zero-order chi connectivity index (χ0) is 11.6. The zero-order valence-electron chi connectivity index (χ0n) is 10.0. The van der Waals surface area contributed by atoms with Gasteiger partial charge in [-0.1, -0.05) is 20.3 Å². The van der Waals surface area contributed by atoms with Gasteiger partial charge >= 0.3 is 0 Å². The van der Waals surface area contributed by atoms with Gasteiger partial charge in [0.1, 0.15) is 6.26 Å². The van der Waals surface area contributed by atoms with Crippen molar-refractivity contribution in [3.05, 3.63) is 12.0 Å². The Kier molecular flexibility index (Phi) is 3.43. The fourth-order valence-corrected chi connectivity index (χ4v) is 2.22. The molecule has 2 rings (SSSR count). The van der Waals surface area contributed by atoms with E-state index in [9.17, 15) is 0 Å². The SMILES string of the molecule is CCC1(C)CCN(c2nc(CCl)co2)CC1. The van der Waals surface area contributed by atoms with Crippen LogP contribution < -0.4 is 4.90 Å². The maximum atomic E-state index is 5.71. The molecule has 0 unspecified atom stereocenters. The molecule has 1 saturated heterocycles. The van der Waals surface area contributed by atoms with Crippen molar-refractivity contribution in [2.45, 2.75) is 39.0 Å². The van der Waals surface area contributed by atoms with Gasteiger partial charge in [-0.05, 0) is 18.3 Å². The fraction of sp³-hybridized carbons (Fsp3) is 0.750. The molecule has 16 heavy (non-hydrogen) atoms. The summed E-state index contributed by atoms with van der Waals surface area (Å²) in [5.41, 5.74) is 1.32. The second-order valence-corrected chi connectivity index (χ2v) is 5.17. The highest BCUT2D eigenvalue weighted by Gasteiger charge is 2.29. The van der Waals surface area contributed by atoms with E-state index in [1.807, 2.05) is 0 Å². The Hall–Kier alpha value is -0.700. The first-order valence-corrected chi connectivity index (χ1v) is 6.45. The Morgan fingerprint density at radius 2 is 2.19 bits per heavy atom. The monoisotopic (exact) mass is 242 g/mol. The van der Waals surface area contributed by atoms with Crippen molar-refractivity contribution in [3.8, 4) is 0 Å². The van der Waals surface area contributed by atoms with Gasteiger partial charge in [-0.15, -0.1) is 11.6 Å². The van der Waals surface area contributed by atoms with Gasteiger partial charge in [0, 0.05) is 13.1 Å². The van der Waals surface area contributed by atoms with Crippen molar-refractivity contribution >= 4 is 17.6 Å². The third-order valence-corrected chi connectivity index (χ3v) is 4.04. The third kappa shape index (κ3) is 2.34. The summed E-state index contributed by atoms with van der Waals surface area (Å²) >= 11 is 5.71. The summed E-state index contributed by atoms with van der Waals surface area (Å²) in [6.07, 6.45) is 5.32. The number of hydrogen-bond donors (Lipinski definition) is 0. The molecule has 0 bridgehead atoms. The largest absolute Gasteiger partial charge is 0.432 e. The quantitative estimate of drug-likeness (QED) is 0.761. The average Bonchev–Trinajstić information content (AvgIpc) is 2.79. The molecule has 0 atom stereocenters. The molecule has 1 aliphatic rings. The molecule has 1 fully saturated rings. The molecule has 1 aromatic heterocycles. The minimum Gasteiger partial charge on any atom is -0.432 e. The second kappa shape index (κ2) is 4.66. The Bertz CT molecular complexity index is 343. The van der Waals surface area contributed by atoms with Crippen LogP contribution in [0.5, 0.6) is 0 Å². The molecule has 0 N–H and O–H groups in total. The van der Waals surface area contributed by atoms with Crippen LogP contribution in [0.4, 0.5) is 6.01 Å². The van der Waals surface area contributed by atoms with Gasteiger partial charge in [0.05, 0.1) is 11.6 Å². The van der Waals surface area contributed by atoms with E-state index < -0.39 is 0 Å². The van der Waals surface area contributed by atoms with Crippen molar-refractivity contribution in [1.29, 1.82) is 0 Å². The smallest absolute Gasteiger partial charge is 0.297 e. The molecule has 0 saturated carbocycles. The number of hydrogen-bond acceptors (Lipinski definition) is 3. The van der Waals surface area contributed by atoms with Crippen LogP contribution in [0.2, 0.25) is 0 Å². The van der Waals surface area contributed by atoms with E-state index in [4.69, 9.17) is 16.0 Å². The lowest BCUT2D eigenvalue weighted by Gasteiger charge is -2.38. The van der Waals surface area contributed by atoms with Gasteiger partial charge in [-0.3, -0.25) is 0 Å². The first-order chi connectivity index (χ1) is 7.67. The summed E-state index contributed by atoms with van der Waals surface area (Å²) in [5.74, 6) is 0.421. The summed E-state index contributed by atoms with van der Waals surface area (Å²) in [7, 11) is 0. The number of alkyl halides is 1. The number of nitrogens with zero attached hydrogens (tertiary/aromatic N) is 2. The number of aromatic nitrogens is 1. The van der Waals surface area contributed by atoms with Crippen LogP contribution in [-0.2, 0) is 5.88 Å². The van der Waals surface area contributed by atoms with Crippen molar-refractivity contribution in [1.82, 2.24) is 4.98 Å². The highest BCUT2D eigenvalue weighted by atomic mass is 35.5. The topological polar surface area (TPSA) is 29.3 Å². The van der Waals surface area contributed by atoms with E-state index in [0.717, 1.165) is 24.8 Å². The summed E-state index contributed by atoms with van der Waals surface area (Å²) in [4.78, 5) is 6.57. The summed E-state index contributed by atoms with van der Waals surface area (Å²) in [6, 6.07) is 0.730. The first kappa shape index (κ1) is 11.8. The molecule has 0 spiro atoms. The van der Waals surface area contributed by atoms with Crippen LogP contribution in [-0.4, -0.2) is 18.1 Å². The molecule has 1 aromatic rings. The highest BCUT2D eigenvalue weighted by Crippen LogP contribution is 2.35. The van der Waals surface area contributed by atoms with E-state index in [1.165, 1.54) is 19.3 Å². The molecule has 4 heteroatoms. The normalized spacial score (nSPS) is 20.1. The average molecular weight is 243 g/mol. The van der Waals surface area contributed by atoms with E-state index in [1.54, 1.807) is 6.26 Å². The molecule has 90 valence electrons. The van der Waals surface area contributed by atoms with Gasteiger partial charge in [0.2, 0.25) is 0 Å². The lowest BCUT2D eigenvalue weighted by atomic mass is 9.78. The van der Waals surface area contributed by atoms with Crippen LogP contribution in [0.25, 0.3) is 0 Å². The van der Waals surface area contributed by atoms with Crippen LogP contribution in [0.1, 0.15) is 38.8 Å². The minimum absolute atomic E-state index is 0.421. The predicted molar refractivity (Wildman–Crippen MR) is 65.9 cm³/mol. The third-order valence-electron chi connectivity index (χ3n) is 3.77. The van der Waals surface area contributed by atoms with Gasteiger partial charge < -0.3 is 9.32 Å². The molecule has 3 nitrogen and oxygen atoms in total. The maximum absolute atomic E-state index is 5.71. The molecule has 0 amide bonds. The number of oxazole rings is 1. The highest BCUT2D eigenvalue weighted by molar-refractivity contribution is 6.16. The number of anilines is 1.